The van der Waals surface area contributed by atoms with Crippen LogP contribution in [0.1, 0.15) is 61.0 Å². The number of amides is 2. The van der Waals surface area contributed by atoms with Gasteiger partial charge in [-0.05, 0) is 55.5 Å². The summed E-state index contributed by atoms with van der Waals surface area (Å²) in [6.07, 6.45) is 14.2. The molecule has 2 amide bonds. The first-order valence-corrected chi connectivity index (χ1v) is 15.6. The zero-order valence-electron chi connectivity index (χ0n) is 25.0. The predicted octanol–water partition coefficient (Wildman–Crippen LogP) is 5.32. The summed E-state index contributed by atoms with van der Waals surface area (Å²) in [7, 11) is 1.87. The number of nitrogens with zero attached hydrogens (tertiary/aromatic N) is 6. The van der Waals surface area contributed by atoms with Crippen molar-refractivity contribution in [3.05, 3.63) is 84.4 Å². The Labute approximate surface area is 253 Å². The lowest BCUT2D eigenvalue weighted by molar-refractivity contribution is -0.133. The van der Waals surface area contributed by atoms with Crippen LogP contribution >= 0.6 is 0 Å². The van der Waals surface area contributed by atoms with Gasteiger partial charge in [-0.15, -0.1) is 0 Å². The van der Waals surface area contributed by atoms with Crippen LogP contribution in [-0.4, -0.2) is 73.2 Å². The number of piperazine rings is 1. The number of imidazole rings is 1. The summed E-state index contributed by atoms with van der Waals surface area (Å²) in [5.41, 5.74) is 4.17. The van der Waals surface area contributed by atoms with Crippen molar-refractivity contribution in [3.63, 3.8) is 0 Å². The summed E-state index contributed by atoms with van der Waals surface area (Å²) < 4.78 is 3.65. The molecule has 3 heterocycles. The molecule has 0 radical (unpaired) electrons. The maximum absolute atomic E-state index is 13.4. The standard InChI is InChI=1S/C34H41N7O2/c1-38-24-28(23-35-38)26-10-8-11-27(22-26)33(43)37-34-36-29(25-41(34)31-15-6-3-7-16-31)12-9-17-32(42)40-20-18-39(19-21-40)30-13-4-2-5-14-30/h3,6-8,10-11,15-16,22-25,30H,2,4-5,9,12-14,17-21H2,1H3,(H,36,37,43). The first-order chi connectivity index (χ1) is 21.0. The van der Waals surface area contributed by atoms with E-state index < -0.39 is 0 Å². The Hall–Kier alpha value is -4.24. The lowest BCUT2D eigenvalue weighted by Gasteiger charge is -2.40. The van der Waals surface area contributed by atoms with E-state index in [0.717, 1.165) is 48.7 Å². The number of carbonyl (C=O) groups excluding carboxylic acids is 2. The van der Waals surface area contributed by atoms with Gasteiger partial charge in [-0.2, -0.15) is 5.10 Å². The molecule has 0 atom stereocenters. The van der Waals surface area contributed by atoms with Crippen LogP contribution in [-0.2, 0) is 18.3 Å². The Kier molecular flexibility index (Phi) is 8.98. The maximum atomic E-state index is 13.4. The number of aryl methyl sites for hydroxylation is 2. The minimum atomic E-state index is -0.234. The number of hydrogen-bond acceptors (Lipinski definition) is 5. The average molecular weight is 580 g/mol. The van der Waals surface area contributed by atoms with Crippen LogP contribution in [0, 0.1) is 0 Å². The Morgan fingerprint density at radius 1 is 0.907 bits per heavy atom. The van der Waals surface area contributed by atoms with E-state index in [1.807, 2.05) is 77.4 Å². The van der Waals surface area contributed by atoms with Gasteiger partial charge in [0.2, 0.25) is 11.9 Å². The van der Waals surface area contributed by atoms with Gasteiger partial charge in [0.25, 0.3) is 5.91 Å². The van der Waals surface area contributed by atoms with Crippen LogP contribution in [0.4, 0.5) is 5.95 Å². The lowest BCUT2D eigenvalue weighted by atomic mass is 9.94. The molecule has 2 fully saturated rings. The van der Waals surface area contributed by atoms with E-state index in [-0.39, 0.29) is 11.8 Å². The van der Waals surface area contributed by atoms with E-state index in [0.29, 0.717) is 36.8 Å². The summed E-state index contributed by atoms with van der Waals surface area (Å²) in [5, 5.41) is 7.27. The van der Waals surface area contributed by atoms with Crippen molar-refractivity contribution in [3.8, 4) is 16.8 Å². The minimum absolute atomic E-state index is 0.229. The second kappa shape index (κ2) is 13.4. The van der Waals surface area contributed by atoms with Crippen molar-refractivity contribution in [2.75, 3.05) is 31.5 Å². The molecule has 1 N–H and O–H groups in total. The molecule has 224 valence electrons. The van der Waals surface area contributed by atoms with Crippen molar-refractivity contribution in [1.82, 2.24) is 29.1 Å². The monoisotopic (exact) mass is 579 g/mol. The molecule has 4 aromatic rings. The highest BCUT2D eigenvalue weighted by molar-refractivity contribution is 6.04. The third-order valence-corrected chi connectivity index (χ3v) is 8.76. The Bertz CT molecular complexity index is 1530. The number of rotatable bonds is 9. The highest BCUT2D eigenvalue weighted by Gasteiger charge is 2.27. The van der Waals surface area contributed by atoms with E-state index in [4.69, 9.17) is 4.98 Å². The Balaban J connectivity index is 1.08. The van der Waals surface area contributed by atoms with Gasteiger partial charge in [0.1, 0.15) is 0 Å². The van der Waals surface area contributed by atoms with Gasteiger partial charge in [0, 0.05) is 74.9 Å². The first kappa shape index (κ1) is 28.9. The molecule has 1 aliphatic heterocycles. The number of benzene rings is 2. The van der Waals surface area contributed by atoms with Crippen molar-refractivity contribution >= 4 is 17.8 Å². The van der Waals surface area contributed by atoms with E-state index in [2.05, 4.69) is 15.3 Å². The first-order valence-electron chi connectivity index (χ1n) is 15.6. The largest absolute Gasteiger partial charge is 0.340 e. The molecule has 2 aliphatic rings. The van der Waals surface area contributed by atoms with Crippen molar-refractivity contribution in [2.45, 2.75) is 57.4 Å². The molecule has 0 bridgehead atoms. The van der Waals surface area contributed by atoms with Gasteiger partial charge >= 0.3 is 0 Å². The Morgan fingerprint density at radius 2 is 1.70 bits per heavy atom. The van der Waals surface area contributed by atoms with Crippen LogP contribution in [0.25, 0.3) is 16.8 Å². The zero-order valence-corrected chi connectivity index (χ0v) is 25.0. The summed E-state index contributed by atoms with van der Waals surface area (Å²) in [5.74, 6) is 0.457. The molecule has 2 aromatic carbocycles. The molecule has 6 rings (SSSR count). The fourth-order valence-electron chi connectivity index (χ4n) is 6.37. The number of nitrogens with one attached hydrogen (secondary N) is 1. The third kappa shape index (κ3) is 7.05. The molecule has 1 aliphatic carbocycles. The van der Waals surface area contributed by atoms with E-state index in [9.17, 15) is 9.59 Å². The van der Waals surface area contributed by atoms with Gasteiger partial charge < -0.3 is 4.90 Å². The molecule has 43 heavy (non-hydrogen) atoms. The SMILES string of the molecule is Cn1cc(-c2cccc(C(=O)Nc3nc(CCCC(=O)N4CCN(C5CCCCC5)CC4)cn3-c3ccccc3)c2)cn1. The van der Waals surface area contributed by atoms with Gasteiger partial charge in [0.05, 0.1) is 11.9 Å². The van der Waals surface area contributed by atoms with Crippen LogP contribution in [0.15, 0.2) is 73.2 Å². The average Bonchev–Trinajstić information content (AvgIpc) is 3.68. The number of para-hydroxylation sites is 1. The van der Waals surface area contributed by atoms with Gasteiger partial charge in [-0.1, -0.05) is 49.6 Å². The molecule has 0 spiro atoms. The summed E-state index contributed by atoms with van der Waals surface area (Å²) >= 11 is 0. The molecule has 1 saturated heterocycles. The van der Waals surface area contributed by atoms with Crippen LogP contribution < -0.4 is 5.32 Å². The number of hydrogen-bond donors (Lipinski definition) is 1. The van der Waals surface area contributed by atoms with Gasteiger partial charge in [-0.25, -0.2) is 4.98 Å². The zero-order chi connectivity index (χ0) is 29.6. The minimum Gasteiger partial charge on any atom is -0.340 e. The molecule has 9 nitrogen and oxygen atoms in total. The molecule has 0 unspecified atom stereocenters. The third-order valence-electron chi connectivity index (χ3n) is 8.76. The van der Waals surface area contributed by atoms with Gasteiger partial charge in [0.15, 0.2) is 0 Å². The normalized spacial score (nSPS) is 16.3. The molecule has 1 saturated carbocycles. The quantitative estimate of drug-likeness (QED) is 0.290. The van der Waals surface area contributed by atoms with Crippen LogP contribution in [0.5, 0.6) is 0 Å². The van der Waals surface area contributed by atoms with Crippen molar-refractivity contribution in [2.24, 2.45) is 7.05 Å². The second-order valence-corrected chi connectivity index (χ2v) is 11.8. The lowest BCUT2D eigenvalue weighted by Crippen LogP contribution is -2.52. The fourth-order valence-corrected chi connectivity index (χ4v) is 6.37. The maximum Gasteiger partial charge on any atom is 0.258 e. The molecular weight excluding hydrogens is 538 g/mol. The summed E-state index contributed by atoms with van der Waals surface area (Å²) in [6.45, 7) is 3.64. The van der Waals surface area contributed by atoms with Crippen LogP contribution in [0.2, 0.25) is 0 Å². The predicted molar refractivity (Wildman–Crippen MR) is 168 cm³/mol. The van der Waals surface area contributed by atoms with E-state index in [1.165, 1.54) is 32.1 Å². The van der Waals surface area contributed by atoms with Crippen molar-refractivity contribution < 1.29 is 9.59 Å². The fraction of sp³-hybridized carbons (Fsp3) is 0.412. The topological polar surface area (TPSA) is 88.3 Å². The smallest absolute Gasteiger partial charge is 0.258 e. The number of carbonyl (C=O) groups is 2. The number of anilines is 1. The molecule has 9 heteroatoms. The Morgan fingerprint density at radius 3 is 2.44 bits per heavy atom. The highest BCUT2D eigenvalue weighted by atomic mass is 16.2. The highest BCUT2D eigenvalue weighted by Crippen LogP contribution is 2.25. The van der Waals surface area contributed by atoms with Gasteiger partial charge in [-0.3, -0.25) is 29.1 Å². The number of aromatic nitrogens is 4. The van der Waals surface area contributed by atoms with E-state index >= 15 is 0 Å². The van der Waals surface area contributed by atoms with Crippen molar-refractivity contribution in [1.29, 1.82) is 0 Å². The molecule has 2 aromatic heterocycles. The van der Waals surface area contributed by atoms with E-state index in [1.54, 1.807) is 16.9 Å². The molecular formula is C34H41N7O2. The van der Waals surface area contributed by atoms with Crippen LogP contribution in [0.3, 0.4) is 0 Å². The summed E-state index contributed by atoms with van der Waals surface area (Å²) in [6, 6.07) is 18.1. The summed E-state index contributed by atoms with van der Waals surface area (Å²) in [4.78, 5) is 35.8. The second-order valence-electron chi connectivity index (χ2n) is 11.8.